The van der Waals surface area contributed by atoms with E-state index in [1.807, 2.05) is 61.7 Å². The topological polar surface area (TPSA) is 59.7 Å². The number of aromatic nitrogens is 1. The molecule has 0 aliphatic rings. The third-order valence-electron chi connectivity index (χ3n) is 8.71. The molecular weight excluding hydrogens is 719 g/mol. The van der Waals surface area contributed by atoms with Crippen LogP contribution in [0.1, 0.15) is 121 Å². The Bertz CT molecular complexity index is 1380. The van der Waals surface area contributed by atoms with Crippen LogP contribution in [-0.2, 0) is 29.7 Å². The van der Waals surface area contributed by atoms with E-state index in [1.165, 1.54) is 83.5 Å². The fraction of sp³-hybridized carbons (Fsp3) is 0.564. The minimum absolute atomic E-state index is 0. The Kier molecular flexibility index (Phi) is 20.3. The fourth-order valence-electron chi connectivity index (χ4n) is 5.84. The van der Waals surface area contributed by atoms with Crippen molar-refractivity contribution in [1.82, 2.24) is 4.31 Å². The van der Waals surface area contributed by atoms with E-state index in [9.17, 15) is 8.42 Å². The van der Waals surface area contributed by atoms with Gasteiger partial charge in [0.05, 0.1) is 25.2 Å². The first-order valence-electron chi connectivity index (χ1n) is 17.7. The molecule has 0 saturated heterocycles. The summed E-state index contributed by atoms with van der Waals surface area (Å²) >= 11 is 0. The van der Waals surface area contributed by atoms with Gasteiger partial charge in [0, 0.05) is 18.7 Å². The van der Waals surface area contributed by atoms with Crippen LogP contribution in [0.25, 0.3) is 0 Å². The molecule has 2 aromatic carbocycles. The first kappa shape index (κ1) is 41.0. The summed E-state index contributed by atoms with van der Waals surface area (Å²) in [5, 5.41) is 0. The number of nitrogens with zero attached hydrogens (tertiary/aromatic N) is 2. The van der Waals surface area contributed by atoms with Crippen LogP contribution >= 0.6 is 0 Å². The molecule has 1 aromatic heterocycles. The first-order chi connectivity index (χ1) is 22.4. The highest BCUT2D eigenvalue weighted by Gasteiger charge is 2.28. The number of rotatable bonds is 24. The zero-order valence-electron chi connectivity index (χ0n) is 29.4. The molecular formula is C39H59IN2O4S. The van der Waals surface area contributed by atoms with Gasteiger partial charge in [-0.15, -0.1) is 0 Å². The van der Waals surface area contributed by atoms with E-state index in [0.29, 0.717) is 18.1 Å². The van der Waals surface area contributed by atoms with Gasteiger partial charge in [-0.25, -0.2) is 13.0 Å². The molecule has 8 heteroatoms. The summed E-state index contributed by atoms with van der Waals surface area (Å²) in [6.45, 7) is 8.16. The van der Waals surface area contributed by atoms with Crippen LogP contribution in [0.4, 0.5) is 0 Å². The summed E-state index contributed by atoms with van der Waals surface area (Å²) in [6.07, 6.45) is 20.6. The first-order valence-corrected chi connectivity index (χ1v) is 19.2. The van der Waals surface area contributed by atoms with Crippen molar-refractivity contribution in [3.05, 3.63) is 83.7 Å². The molecule has 0 N–H and O–H groups in total. The van der Waals surface area contributed by atoms with Gasteiger partial charge in [-0.2, -0.15) is 4.31 Å². The lowest BCUT2D eigenvalue weighted by Crippen LogP contribution is -3.00. The highest BCUT2D eigenvalue weighted by molar-refractivity contribution is 7.89. The van der Waals surface area contributed by atoms with E-state index in [-0.39, 0.29) is 42.0 Å². The lowest BCUT2D eigenvalue weighted by Gasteiger charge is -2.22. The minimum Gasteiger partial charge on any atom is -1.00 e. The lowest BCUT2D eigenvalue weighted by atomic mass is 10.0. The van der Waals surface area contributed by atoms with Crippen LogP contribution in [0.3, 0.4) is 0 Å². The Morgan fingerprint density at radius 2 is 1.30 bits per heavy atom. The molecule has 3 rings (SSSR count). The summed E-state index contributed by atoms with van der Waals surface area (Å²) in [5.74, 6) is 1.32. The zero-order valence-corrected chi connectivity index (χ0v) is 32.4. The Balaban J connectivity index is 0.00000768. The van der Waals surface area contributed by atoms with Gasteiger partial charge < -0.3 is 33.5 Å². The molecule has 0 unspecified atom stereocenters. The van der Waals surface area contributed by atoms with Crippen LogP contribution in [0, 0.1) is 6.92 Å². The standard InChI is InChI=1S/C39H59N2O4S.HI/c1-5-7-8-9-10-11-12-13-14-15-16-17-18-21-30-45-38-28-25-35(31-39(38)44-4)32-41(33-36-22-19-20-29-40(36)6-2)46(42,43)37-26-23-34(3)24-27-37;/h19-20,22-29,31H,5-18,21,30,32-33H2,1-4H3;1H/q+1;/p-1. The molecule has 0 radical (unpaired) electrons. The van der Waals surface area contributed by atoms with E-state index in [1.54, 1.807) is 23.5 Å². The number of halogens is 1. The monoisotopic (exact) mass is 778 g/mol. The Morgan fingerprint density at radius 1 is 0.702 bits per heavy atom. The summed E-state index contributed by atoms with van der Waals surface area (Å²) < 4.78 is 43.2. The summed E-state index contributed by atoms with van der Waals surface area (Å²) in [7, 11) is -2.13. The summed E-state index contributed by atoms with van der Waals surface area (Å²) in [5.41, 5.74) is 2.79. The number of pyridine rings is 1. The normalized spacial score (nSPS) is 11.4. The molecule has 0 saturated carbocycles. The van der Waals surface area contributed by atoms with Crippen molar-refractivity contribution in [1.29, 1.82) is 0 Å². The Labute approximate surface area is 303 Å². The number of ether oxygens (including phenoxy) is 2. The maximum atomic E-state index is 13.9. The van der Waals surface area contributed by atoms with Gasteiger partial charge in [0.1, 0.15) is 6.54 Å². The average molecular weight is 779 g/mol. The number of hydrogen-bond acceptors (Lipinski definition) is 4. The molecule has 0 aliphatic heterocycles. The molecule has 0 aliphatic carbocycles. The van der Waals surface area contributed by atoms with Gasteiger partial charge in [-0.1, -0.05) is 120 Å². The van der Waals surface area contributed by atoms with E-state index < -0.39 is 10.0 Å². The van der Waals surface area contributed by atoms with E-state index in [0.717, 1.165) is 29.8 Å². The average Bonchev–Trinajstić information content (AvgIpc) is 3.07. The number of sulfonamides is 1. The number of benzene rings is 2. The summed E-state index contributed by atoms with van der Waals surface area (Å²) in [6, 6.07) is 18.7. The van der Waals surface area contributed by atoms with Crippen molar-refractivity contribution in [3.8, 4) is 11.5 Å². The van der Waals surface area contributed by atoms with Gasteiger partial charge in [0.2, 0.25) is 10.0 Å². The quantitative estimate of drug-likeness (QED) is 0.0588. The molecule has 3 aromatic rings. The lowest BCUT2D eigenvalue weighted by molar-refractivity contribution is -0.701. The largest absolute Gasteiger partial charge is 1.00 e. The van der Waals surface area contributed by atoms with E-state index >= 15 is 0 Å². The van der Waals surface area contributed by atoms with Crippen LogP contribution in [-0.4, -0.2) is 26.4 Å². The number of methoxy groups -OCH3 is 1. The van der Waals surface area contributed by atoms with Crippen LogP contribution in [0.2, 0.25) is 0 Å². The highest BCUT2D eigenvalue weighted by atomic mass is 127. The SMILES string of the molecule is CCCCCCCCCCCCCCCCOc1ccc(CN(Cc2cccc[n+]2CC)S(=O)(=O)c2ccc(C)cc2)cc1OC.[I-]. The van der Waals surface area contributed by atoms with Gasteiger partial charge in [-0.05, 0) is 50.1 Å². The second-order valence-corrected chi connectivity index (χ2v) is 14.4. The molecule has 262 valence electrons. The van der Waals surface area contributed by atoms with Gasteiger partial charge in [-0.3, -0.25) is 0 Å². The molecule has 0 bridgehead atoms. The molecule has 0 fully saturated rings. The molecule has 6 nitrogen and oxygen atoms in total. The molecule has 0 amide bonds. The third-order valence-corrected chi connectivity index (χ3v) is 10.5. The van der Waals surface area contributed by atoms with Crippen molar-refractivity contribution in [2.24, 2.45) is 0 Å². The molecule has 1 heterocycles. The van der Waals surface area contributed by atoms with Gasteiger partial charge >= 0.3 is 0 Å². The van der Waals surface area contributed by atoms with E-state index in [4.69, 9.17) is 9.47 Å². The van der Waals surface area contributed by atoms with Gasteiger partial charge in [0.25, 0.3) is 0 Å². The fourth-order valence-corrected chi connectivity index (χ4v) is 7.24. The maximum absolute atomic E-state index is 13.9. The second kappa shape index (κ2) is 23.2. The molecule has 47 heavy (non-hydrogen) atoms. The van der Waals surface area contributed by atoms with Crippen LogP contribution in [0.15, 0.2) is 71.8 Å². The van der Waals surface area contributed by atoms with Crippen LogP contribution < -0.4 is 38.0 Å². The zero-order chi connectivity index (χ0) is 33.0. The molecule has 0 atom stereocenters. The number of unbranched alkanes of at least 4 members (excludes halogenated alkanes) is 13. The van der Waals surface area contributed by atoms with Crippen molar-refractivity contribution >= 4 is 10.0 Å². The number of hydrogen-bond donors (Lipinski definition) is 0. The van der Waals surface area contributed by atoms with Crippen molar-refractivity contribution in [2.45, 2.75) is 135 Å². The van der Waals surface area contributed by atoms with Crippen LogP contribution in [0.5, 0.6) is 11.5 Å². The predicted molar refractivity (Wildman–Crippen MR) is 189 cm³/mol. The van der Waals surface area contributed by atoms with Gasteiger partial charge in [0.15, 0.2) is 23.4 Å². The van der Waals surface area contributed by atoms with E-state index in [2.05, 4.69) is 18.4 Å². The second-order valence-electron chi connectivity index (χ2n) is 12.5. The molecule has 0 spiro atoms. The Hall–Kier alpha value is -2.17. The Morgan fingerprint density at radius 3 is 1.87 bits per heavy atom. The summed E-state index contributed by atoms with van der Waals surface area (Å²) in [4.78, 5) is 0.289. The van der Waals surface area contributed by atoms with Crippen molar-refractivity contribution in [3.63, 3.8) is 0 Å². The highest BCUT2D eigenvalue weighted by Crippen LogP contribution is 2.30. The smallest absolute Gasteiger partial charge is 0.243 e. The minimum atomic E-state index is -3.76. The van der Waals surface area contributed by atoms with Crippen molar-refractivity contribution in [2.75, 3.05) is 13.7 Å². The third kappa shape index (κ3) is 14.5. The van der Waals surface area contributed by atoms with Crippen molar-refractivity contribution < 1.29 is 46.4 Å². The maximum Gasteiger partial charge on any atom is 0.243 e. The number of aryl methyl sites for hydroxylation is 2. The predicted octanol–water partition coefficient (Wildman–Crippen LogP) is 6.57.